The van der Waals surface area contributed by atoms with E-state index in [0.717, 1.165) is 12.5 Å². The van der Waals surface area contributed by atoms with Gasteiger partial charge in [0, 0.05) is 13.1 Å². The molecule has 0 saturated heterocycles. The van der Waals surface area contributed by atoms with Crippen LogP contribution < -0.4 is 0 Å². The molecule has 0 heterocycles. The molecule has 0 amide bonds. The molecule has 0 aromatic rings. The highest BCUT2D eigenvalue weighted by Gasteiger charge is 2.02. The molecule has 0 bridgehead atoms. The monoisotopic (exact) mass is 186 g/mol. The first-order chi connectivity index (χ1) is 6.06. The van der Waals surface area contributed by atoms with Crippen molar-refractivity contribution in [1.82, 2.24) is 9.80 Å². The Morgan fingerprint density at radius 1 is 1.00 bits per heavy atom. The normalized spacial score (nSPS) is 14.1. The van der Waals surface area contributed by atoms with Crippen molar-refractivity contribution in [3.63, 3.8) is 0 Å². The Morgan fingerprint density at radius 2 is 1.62 bits per heavy atom. The van der Waals surface area contributed by atoms with Crippen LogP contribution in [-0.2, 0) is 0 Å². The van der Waals surface area contributed by atoms with Crippen molar-refractivity contribution in [3.8, 4) is 0 Å². The molecule has 2 heteroatoms. The lowest BCUT2D eigenvalue weighted by Gasteiger charge is -2.20. The van der Waals surface area contributed by atoms with E-state index in [2.05, 4.69) is 44.8 Å². The van der Waals surface area contributed by atoms with E-state index in [1.807, 2.05) is 0 Å². The van der Waals surface area contributed by atoms with Gasteiger partial charge in [0.2, 0.25) is 0 Å². The summed E-state index contributed by atoms with van der Waals surface area (Å²) in [6.07, 6.45) is 2.64. The van der Waals surface area contributed by atoms with E-state index in [4.69, 9.17) is 0 Å². The van der Waals surface area contributed by atoms with Crippen molar-refractivity contribution >= 4 is 0 Å². The third kappa shape index (κ3) is 8.26. The van der Waals surface area contributed by atoms with Crippen LogP contribution in [0.5, 0.6) is 0 Å². The van der Waals surface area contributed by atoms with Crippen molar-refractivity contribution in [2.75, 3.05) is 40.8 Å². The van der Waals surface area contributed by atoms with Crippen LogP contribution in [0.4, 0.5) is 0 Å². The summed E-state index contributed by atoms with van der Waals surface area (Å²) >= 11 is 0. The van der Waals surface area contributed by atoms with Crippen LogP contribution in [0.25, 0.3) is 0 Å². The number of nitrogens with zero attached hydrogens (tertiary/aromatic N) is 2. The van der Waals surface area contributed by atoms with E-state index < -0.39 is 0 Å². The zero-order chi connectivity index (χ0) is 10.3. The SMILES string of the molecule is CCC(C)CCN(C)CCN(C)C. The van der Waals surface area contributed by atoms with Gasteiger partial charge >= 0.3 is 0 Å². The second-order valence-electron chi connectivity index (χ2n) is 4.41. The van der Waals surface area contributed by atoms with Crippen LogP contribution in [0.3, 0.4) is 0 Å². The second-order valence-corrected chi connectivity index (χ2v) is 4.41. The van der Waals surface area contributed by atoms with Gasteiger partial charge in [-0.2, -0.15) is 0 Å². The van der Waals surface area contributed by atoms with E-state index >= 15 is 0 Å². The first-order valence-corrected chi connectivity index (χ1v) is 5.39. The second kappa shape index (κ2) is 7.34. The van der Waals surface area contributed by atoms with Crippen LogP contribution in [-0.4, -0.2) is 50.6 Å². The molecule has 0 aromatic carbocycles. The molecule has 0 aliphatic heterocycles. The minimum absolute atomic E-state index is 0.877. The van der Waals surface area contributed by atoms with Crippen molar-refractivity contribution in [3.05, 3.63) is 0 Å². The maximum absolute atomic E-state index is 2.42. The average Bonchev–Trinajstić information content (AvgIpc) is 2.10. The Balaban J connectivity index is 3.34. The number of hydrogen-bond acceptors (Lipinski definition) is 2. The molecule has 2 nitrogen and oxygen atoms in total. The average molecular weight is 186 g/mol. The molecule has 13 heavy (non-hydrogen) atoms. The van der Waals surface area contributed by atoms with Gasteiger partial charge in [0.15, 0.2) is 0 Å². The van der Waals surface area contributed by atoms with Crippen molar-refractivity contribution in [2.45, 2.75) is 26.7 Å². The van der Waals surface area contributed by atoms with Crippen molar-refractivity contribution < 1.29 is 0 Å². The van der Waals surface area contributed by atoms with Gasteiger partial charge in [0.05, 0.1) is 0 Å². The van der Waals surface area contributed by atoms with E-state index in [1.165, 1.54) is 25.9 Å². The first-order valence-electron chi connectivity index (χ1n) is 5.39. The van der Waals surface area contributed by atoms with Crippen LogP contribution in [0, 0.1) is 5.92 Å². The number of likely N-dealkylation sites (N-methyl/N-ethyl adjacent to an activating group) is 2. The van der Waals surface area contributed by atoms with Gasteiger partial charge in [-0.05, 0) is 40.0 Å². The molecule has 0 aliphatic carbocycles. The maximum Gasteiger partial charge on any atom is 0.0106 e. The molecule has 1 unspecified atom stereocenters. The highest BCUT2D eigenvalue weighted by Crippen LogP contribution is 2.06. The maximum atomic E-state index is 2.42. The van der Waals surface area contributed by atoms with E-state index in [0.29, 0.717) is 0 Å². The zero-order valence-corrected chi connectivity index (χ0v) is 10.0. The molecule has 0 aliphatic rings. The van der Waals surface area contributed by atoms with Gasteiger partial charge in [-0.3, -0.25) is 0 Å². The fourth-order valence-corrected chi connectivity index (χ4v) is 1.13. The fourth-order valence-electron chi connectivity index (χ4n) is 1.13. The van der Waals surface area contributed by atoms with Gasteiger partial charge in [-0.15, -0.1) is 0 Å². The quantitative estimate of drug-likeness (QED) is 0.599. The highest BCUT2D eigenvalue weighted by molar-refractivity contribution is 4.57. The van der Waals surface area contributed by atoms with Crippen LogP contribution >= 0.6 is 0 Å². The highest BCUT2D eigenvalue weighted by atomic mass is 15.1. The molecule has 80 valence electrons. The molecule has 0 radical (unpaired) electrons. The molecular formula is C11H26N2. The van der Waals surface area contributed by atoms with Crippen LogP contribution in [0.2, 0.25) is 0 Å². The molecule has 0 spiro atoms. The Hall–Kier alpha value is -0.0800. The summed E-state index contributed by atoms with van der Waals surface area (Å²) in [5.74, 6) is 0.877. The molecular weight excluding hydrogens is 160 g/mol. The summed E-state index contributed by atoms with van der Waals surface area (Å²) in [4.78, 5) is 4.66. The summed E-state index contributed by atoms with van der Waals surface area (Å²) in [6.45, 7) is 8.19. The standard InChI is InChI=1S/C11H26N2/c1-6-11(2)7-8-13(5)10-9-12(3)4/h11H,6-10H2,1-5H3. The lowest BCUT2D eigenvalue weighted by molar-refractivity contribution is 0.265. The molecule has 0 N–H and O–H groups in total. The van der Waals surface area contributed by atoms with Crippen molar-refractivity contribution in [2.24, 2.45) is 5.92 Å². The molecule has 0 fully saturated rings. The number of hydrogen-bond donors (Lipinski definition) is 0. The van der Waals surface area contributed by atoms with Gasteiger partial charge in [-0.1, -0.05) is 20.3 Å². The van der Waals surface area contributed by atoms with Gasteiger partial charge in [-0.25, -0.2) is 0 Å². The first kappa shape index (κ1) is 12.9. The third-order valence-corrected chi connectivity index (χ3v) is 2.63. The van der Waals surface area contributed by atoms with Gasteiger partial charge in [0.1, 0.15) is 0 Å². The summed E-state index contributed by atoms with van der Waals surface area (Å²) in [6, 6.07) is 0. The molecule has 1 atom stereocenters. The lowest BCUT2D eigenvalue weighted by atomic mass is 10.1. The van der Waals surface area contributed by atoms with E-state index in [1.54, 1.807) is 0 Å². The Bertz CT molecular complexity index is 113. The molecule has 0 aromatic heterocycles. The minimum atomic E-state index is 0.877. The molecule has 0 saturated carbocycles. The number of rotatable bonds is 7. The minimum Gasteiger partial charge on any atom is -0.308 e. The summed E-state index contributed by atoms with van der Waals surface area (Å²) in [5, 5.41) is 0. The third-order valence-electron chi connectivity index (χ3n) is 2.63. The Labute approximate surface area is 83.9 Å². The Kier molecular flexibility index (Phi) is 7.29. The van der Waals surface area contributed by atoms with Crippen molar-refractivity contribution in [1.29, 1.82) is 0 Å². The van der Waals surface area contributed by atoms with Crippen LogP contribution in [0.1, 0.15) is 26.7 Å². The van der Waals surface area contributed by atoms with E-state index in [9.17, 15) is 0 Å². The van der Waals surface area contributed by atoms with Gasteiger partial charge in [0.25, 0.3) is 0 Å². The van der Waals surface area contributed by atoms with E-state index in [-0.39, 0.29) is 0 Å². The summed E-state index contributed by atoms with van der Waals surface area (Å²) in [7, 11) is 6.47. The zero-order valence-electron chi connectivity index (χ0n) is 10.0. The fraction of sp³-hybridized carbons (Fsp3) is 1.00. The predicted molar refractivity (Wildman–Crippen MR) is 60.1 cm³/mol. The Morgan fingerprint density at radius 3 is 2.08 bits per heavy atom. The predicted octanol–water partition coefficient (Wildman–Crippen LogP) is 1.92. The lowest BCUT2D eigenvalue weighted by Crippen LogP contribution is -2.29. The van der Waals surface area contributed by atoms with Crippen LogP contribution in [0.15, 0.2) is 0 Å². The molecule has 0 rings (SSSR count). The smallest absolute Gasteiger partial charge is 0.0106 e. The van der Waals surface area contributed by atoms with Gasteiger partial charge < -0.3 is 9.80 Å². The summed E-state index contributed by atoms with van der Waals surface area (Å²) < 4.78 is 0. The summed E-state index contributed by atoms with van der Waals surface area (Å²) in [5.41, 5.74) is 0. The topological polar surface area (TPSA) is 6.48 Å². The largest absolute Gasteiger partial charge is 0.308 e.